The summed E-state index contributed by atoms with van der Waals surface area (Å²) in [5.74, 6) is -0.543. The lowest BCUT2D eigenvalue weighted by molar-refractivity contribution is 0.378. The Morgan fingerprint density at radius 1 is 0.952 bits per heavy atom. The van der Waals surface area contributed by atoms with Gasteiger partial charge in [-0.1, -0.05) is 12.1 Å². The molecule has 3 nitrogen and oxygen atoms in total. The van der Waals surface area contributed by atoms with E-state index in [1.165, 1.54) is 12.1 Å². The lowest BCUT2D eigenvalue weighted by Gasteiger charge is -2.22. The molecule has 0 bridgehead atoms. The second-order valence-electron chi connectivity index (χ2n) is 4.47. The van der Waals surface area contributed by atoms with Gasteiger partial charge in [-0.05, 0) is 36.9 Å². The molecular formula is C16H17F2NO2. The standard InChI is InChI=1S/C16H17F2NO2/c1-19-16(10-7-8-11(17)12(18)9-10)15-13(20-2)5-4-6-14(15)21-3/h4-9,16,19H,1-3H3. The Bertz CT molecular complexity index is 609. The van der Waals surface area contributed by atoms with Crippen LogP contribution in [0.2, 0.25) is 0 Å². The number of hydrogen-bond donors (Lipinski definition) is 1. The van der Waals surface area contributed by atoms with Gasteiger partial charge in [0, 0.05) is 0 Å². The molecule has 0 saturated carbocycles. The third-order valence-corrected chi connectivity index (χ3v) is 3.32. The van der Waals surface area contributed by atoms with Crippen molar-refractivity contribution >= 4 is 0 Å². The molecule has 112 valence electrons. The van der Waals surface area contributed by atoms with E-state index < -0.39 is 11.6 Å². The van der Waals surface area contributed by atoms with Crippen molar-refractivity contribution in [3.05, 3.63) is 59.2 Å². The van der Waals surface area contributed by atoms with Crippen molar-refractivity contribution in [1.82, 2.24) is 5.32 Å². The molecule has 1 N–H and O–H groups in total. The lowest BCUT2D eigenvalue weighted by atomic mass is 9.96. The number of ether oxygens (including phenoxy) is 2. The highest BCUT2D eigenvalue weighted by Crippen LogP contribution is 2.37. The molecule has 0 aliphatic carbocycles. The molecule has 1 unspecified atom stereocenters. The summed E-state index contributed by atoms with van der Waals surface area (Å²) in [6.45, 7) is 0. The average Bonchev–Trinajstić information content (AvgIpc) is 2.51. The first-order valence-corrected chi connectivity index (χ1v) is 6.45. The van der Waals surface area contributed by atoms with Crippen LogP contribution in [-0.4, -0.2) is 21.3 Å². The summed E-state index contributed by atoms with van der Waals surface area (Å²) in [6, 6.07) is 8.82. The summed E-state index contributed by atoms with van der Waals surface area (Å²) < 4.78 is 37.3. The minimum absolute atomic E-state index is 0.383. The van der Waals surface area contributed by atoms with Crippen molar-refractivity contribution in [1.29, 1.82) is 0 Å². The number of benzene rings is 2. The van der Waals surface area contributed by atoms with Gasteiger partial charge < -0.3 is 14.8 Å². The maximum Gasteiger partial charge on any atom is 0.159 e. The van der Waals surface area contributed by atoms with Crippen LogP contribution in [0.4, 0.5) is 8.78 Å². The third-order valence-electron chi connectivity index (χ3n) is 3.32. The highest BCUT2D eigenvalue weighted by Gasteiger charge is 2.22. The van der Waals surface area contributed by atoms with Crippen molar-refractivity contribution in [3.63, 3.8) is 0 Å². The van der Waals surface area contributed by atoms with E-state index in [-0.39, 0.29) is 6.04 Å². The van der Waals surface area contributed by atoms with Crippen LogP contribution in [0.1, 0.15) is 17.2 Å². The number of rotatable bonds is 5. The zero-order valence-electron chi connectivity index (χ0n) is 12.1. The van der Waals surface area contributed by atoms with Crippen LogP contribution in [-0.2, 0) is 0 Å². The molecule has 2 aromatic rings. The Labute approximate surface area is 122 Å². The Morgan fingerprint density at radius 3 is 2.05 bits per heavy atom. The molecule has 0 saturated heterocycles. The fourth-order valence-corrected chi connectivity index (χ4v) is 2.33. The van der Waals surface area contributed by atoms with Crippen molar-refractivity contribution in [2.75, 3.05) is 21.3 Å². The molecule has 0 aromatic heterocycles. The quantitative estimate of drug-likeness (QED) is 0.917. The Balaban J connectivity index is 2.57. The summed E-state index contributed by atoms with van der Waals surface area (Å²) in [5, 5.41) is 3.08. The number of halogens is 2. The van der Waals surface area contributed by atoms with E-state index in [2.05, 4.69) is 5.32 Å². The molecule has 0 aliphatic rings. The smallest absolute Gasteiger partial charge is 0.159 e. The molecule has 5 heteroatoms. The van der Waals surface area contributed by atoms with Gasteiger partial charge in [-0.3, -0.25) is 0 Å². The molecule has 1 atom stereocenters. The van der Waals surface area contributed by atoms with E-state index >= 15 is 0 Å². The fraction of sp³-hybridized carbons (Fsp3) is 0.250. The maximum atomic E-state index is 13.5. The fourth-order valence-electron chi connectivity index (χ4n) is 2.33. The van der Waals surface area contributed by atoms with Crippen LogP contribution in [0.3, 0.4) is 0 Å². The van der Waals surface area contributed by atoms with Gasteiger partial charge >= 0.3 is 0 Å². The van der Waals surface area contributed by atoms with Crippen LogP contribution in [0.5, 0.6) is 11.5 Å². The number of nitrogens with one attached hydrogen (secondary N) is 1. The van der Waals surface area contributed by atoms with Crippen molar-refractivity contribution in [2.24, 2.45) is 0 Å². The molecule has 0 radical (unpaired) electrons. The Hall–Kier alpha value is -2.14. The zero-order valence-corrected chi connectivity index (χ0v) is 12.1. The predicted octanol–water partition coefficient (Wildman–Crippen LogP) is 3.29. The van der Waals surface area contributed by atoms with Crippen molar-refractivity contribution < 1.29 is 18.3 Å². The van der Waals surface area contributed by atoms with E-state index in [1.807, 2.05) is 0 Å². The van der Waals surface area contributed by atoms with Crippen LogP contribution in [0.15, 0.2) is 36.4 Å². The van der Waals surface area contributed by atoms with Crippen molar-refractivity contribution in [3.8, 4) is 11.5 Å². The first kappa shape index (κ1) is 15.3. The zero-order chi connectivity index (χ0) is 15.4. The first-order chi connectivity index (χ1) is 10.1. The monoisotopic (exact) mass is 293 g/mol. The Kier molecular flexibility index (Phi) is 4.75. The second-order valence-corrected chi connectivity index (χ2v) is 4.47. The number of methoxy groups -OCH3 is 2. The molecule has 21 heavy (non-hydrogen) atoms. The summed E-state index contributed by atoms with van der Waals surface area (Å²) in [4.78, 5) is 0. The van der Waals surface area contributed by atoms with Crippen LogP contribution >= 0.6 is 0 Å². The topological polar surface area (TPSA) is 30.5 Å². The summed E-state index contributed by atoms with van der Waals surface area (Å²) in [6.07, 6.45) is 0. The second kappa shape index (κ2) is 6.54. The van der Waals surface area contributed by atoms with Gasteiger partial charge in [0.2, 0.25) is 0 Å². The molecule has 2 rings (SSSR count). The molecule has 0 fully saturated rings. The van der Waals surface area contributed by atoms with E-state index in [4.69, 9.17) is 9.47 Å². The van der Waals surface area contributed by atoms with Crippen LogP contribution < -0.4 is 14.8 Å². The molecular weight excluding hydrogens is 276 g/mol. The minimum atomic E-state index is -0.887. The van der Waals surface area contributed by atoms with Gasteiger partial charge in [0.25, 0.3) is 0 Å². The van der Waals surface area contributed by atoms with Gasteiger partial charge in [-0.15, -0.1) is 0 Å². The van der Waals surface area contributed by atoms with Crippen molar-refractivity contribution in [2.45, 2.75) is 6.04 Å². The Morgan fingerprint density at radius 2 is 1.57 bits per heavy atom. The molecule has 2 aromatic carbocycles. The van der Waals surface area contributed by atoms with Gasteiger partial charge in [-0.2, -0.15) is 0 Å². The van der Waals surface area contributed by atoms with Gasteiger partial charge in [0.05, 0.1) is 25.8 Å². The lowest BCUT2D eigenvalue weighted by Crippen LogP contribution is -2.19. The van der Waals surface area contributed by atoms with Gasteiger partial charge in [-0.25, -0.2) is 8.78 Å². The highest BCUT2D eigenvalue weighted by atomic mass is 19.2. The summed E-state index contributed by atoms with van der Waals surface area (Å²) >= 11 is 0. The maximum absolute atomic E-state index is 13.5. The van der Waals surface area contributed by atoms with Gasteiger partial charge in [0.1, 0.15) is 11.5 Å². The minimum Gasteiger partial charge on any atom is -0.496 e. The summed E-state index contributed by atoms with van der Waals surface area (Å²) in [7, 11) is 4.84. The highest BCUT2D eigenvalue weighted by molar-refractivity contribution is 5.50. The SMILES string of the molecule is CNC(c1ccc(F)c(F)c1)c1c(OC)cccc1OC. The van der Waals surface area contributed by atoms with E-state index in [9.17, 15) is 8.78 Å². The van der Waals surface area contributed by atoms with Crippen LogP contribution in [0.25, 0.3) is 0 Å². The van der Waals surface area contributed by atoms with Crippen LogP contribution in [0, 0.1) is 11.6 Å². The normalized spacial score (nSPS) is 12.0. The molecule has 0 spiro atoms. The largest absolute Gasteiger partial charge is 0.496 e. The van der Waals surface area contributed by atoms with E-state index in [0.29, 0.717) is 17.1 Å². The van der Waals surface area contributed by atoms with E-state index in [1.54, 1.807) is 39.5 Å². The van der Waals surface area contributed by atoms with Gasteiger partial charge in [0.15, 0.2) is 11.6 Å². The predicted molar refractivity (Wildman–Crippen MR) is 76.8 cm³/mol. The molecule has 0 heterocycles. The third kappa shape index (κ3) is 2.97. The van der Waals surface area contributed by atoms with E-state index in [0.717, 1.165) is 11.6 Å². The average molecular weight is 293 g/mol. The number of hydrogen-bond acceptors (Lipinski definition) is 3. The molecule has 0 amide bonds. The molecule has 0 aliphatic heterocycles. The summed E-state index contributed by atoms with van der Waals surface area (Å²) in [5.41, 5.74) is 1.32. The first-order valence-electron chi connectivity index (χ1n) is 6.45.